The van der Waals surface area contributed by atoms with Crippen LogP contribution in [0.25, 0.3) is 17.0 Å². The fraction of sp³-hybridized carbons (Fsp3) is 0.294. The van der Waals surface area contributed by atoms with Crippen molar-refractivity contribution >= 4 is 22.9 Å². The third kappa shape index (κ3) is 2.82. The largest absolute Gasteiger partial charge is 0.350 e. The number of para-hydroxylation sites is 1. The Morgan fingerprint density at radius 1 is 1.48 bits per heavy atom. The van der Waals surface area contributed by atoms with E-state index in [1.165, 1.54) is 6.08 Å². The fourth-order valence-electron chi connectivity index (χ4n) is 2.56. The van der Waals surface area contributed by atoms with Gasteiger partial charge in [-0.3, -0.25) is 4.79 Å². The molecule has 3 rings (SSSR count). The lowest BCUT2D eigenvalue weighted by Gasteiger charge is -2.07. The van der Waals surface area contributed by atoms with Gasteiger partial charge in [0.05, 0.1) is 6.07 Å². The van der Waals surface area contributed by atoms with Crippen molar-refractivity contribution in [3.8, 4) is 6.07 Å². The molecule has 1 atom stereocenters. The average Bonchev–Trinajstić information content (AvgIpc) is 3.29. The molecular weight excluding hydrogens is 262 g/mol. The maximum Gasteiger partial charge on any atom is 0.245 e. The summed E-state index contributed by atoms with van der Waals surface area (Å²) in [7, 11) is 1.98. The molecule has 1 heterocycles. The zero-order valence-corrected chi connectivity index (χ0v) is 11.9. The van der Waals surface area contributed by atoms with E-state index in [9.17, 15) is 4.79 Å². The summed E-state index contributed by atoms with van der Waals surface area (Å²) in [6.45, 7) is 0. The van der Waals surface area contributed by atoms with Gasteiger partial charge in [-0.15, -0.1) is 0 Å². The third-order valence-electron chi connectivity index (χ3n) is 3.87. The van der Waals surface area contributed by atoms with Gasteiger partial charge in [0.15, 0.2) is 0 Å². The molecule has 1 aromatic carbocycles. The first-order valence-electron chi connectivity index (χ1n) is 7.11. The number of hydrogen-bond acceptors (Lipinski definition) is 2. The minimum Gasteiger partial charge on any atom is -0.350 e. The van der Waals surface area contributed by atoms with Crippen molar-refractivity contribution in [3.05, 3.63) is 42.1 Å². The van der Waals surface area contributed by atoms with Gasteiger partial charge in [0.1, 0.15) is 6.04 Å². The first kappa shape index (κ1) is 13.4. The summed E-state index contributed by atoms with van der Waals surface area (Å²) in [6, 6.07) is 9.87. The van der Waals surface area contributed by atoms with Gasteiger partial charge in [0, 0.05) is 35.8 Å². The van der Waals surface area contributed by atoms with Crippen LogP contribution in [0, 0.1) is 17.2 Å². The van der Waals surface area contributed by atoms with Crippen LogP contribution in [0.4, 0.5) is 0 Å². The summed E-state index contributed by atoms with van der Waals surface area (Å²) in [5.74, 6) is 0.131. The second kappa shape index (κ2) is 5.45. The molecule has 1 amide bonds. The summed E-state index contributed by atoms with van der Waals surface area (Å²) < 4.78 is 2.04. The number of benzene rings is 1. The number of aromatic nitrogens is 1. The first-order valence-corrected chi connectivity index (χ1v) is 7.11. The van der Waals surface area contributed by atoms with Gasteiger partial charge in [0.25, 0.3) is 0 Å². The number of carbonyl (C=O) groups is 1. The molecule has 0 bridgehead atoms. The van der Waals surface area contributed by atoms with Crippen LogP contribution in [-0.4, -0.2) is 16.5 Å². The molecule has 2 aromatic rings. The van der Waals surface area contributed by atoms with E-state index >= 15 is 0 Å². The SMILES string of the molecule is Cn1cc(/C=C/C(=O)N[C@@H](C#N)C2CC2)c2ccccc21. The lowest BCUT2D eigenvalue weighted by atomic mass is 10.1. The van der Waals surface area contributed by atoms with Gasteiger partial charge in [-0.25, -0.2) is 0 Å². The molecule has 0 radical (unpaired) electrons. The quantitative estimate of drug-likeness (QED) is 0.875. The highest BCUT2D eigenvalue weighted by molar-refractivity contribution is 5.96. The molecule has 0 saturated heterocycles. The molecule has 106 valence electrons. The van der Waals surface area contributed by atoms with E-state index in [1.54, 1.807) is 6.08 Å². The zero-order valence-electron chi connectivity index (χ0n) is 11.9. The average molecular weight is 279 g/mol. The van der Waals surface area contributed by atoms with E-state index in [1.807, 2.05) is 42.1 Å². The van der Waals surface area contributed by atoms with Crippen molar-refractivity contribution in [1.29, 1.82) is 5.26 Å². The van der Waals surface area contributed by atoms with E-state index in [2.05, 4.69) is 11.4 Å². The van der Waals surface area contributed by atoms with Gasteiger partial charge >= 0.3 is 0 Å². The van der Waals surface area contributed by atoms with Crippen LogP contribution >= 0.6 is 0 Å². The molecule has 1 fully saturated rings. The number of nitrogens with one attached hydrogen (secondary N) is 1. The number of fused-ring (bicyclic) bond motifs is 1. The molecule has 0 spiro atoms. The predicted octanol–water partition coefficient (Wildman–Crippen LogP) is 2.61. The Bertz CT molecular complexity index is 747. The molecule has 4 heteroatoms. The maximum atomic E-state index is 11.9. The topological polar surface area (TPSA) is 57.8 Å². The highest BCUT2D eigenvalue weighted by atomic mass is 16.1. The Labute approximate surface area is 123 Å². The van der Waals surface area contributed by atoms with E-state index in [-0.39, 0.29) is 11.9 Å². The van der Waals surface area contributed by atoms with Gasteiger partial charge in [-0.1, -0.05) is 18.2 Å². The summed E-state index contributed by atoms with van der Waals surface area (Å²) in [5, 5.41) is 12.9. The Morgan fingerprint density at radius 3 is 2.95 bits per heavy atom. The molecule has 0 unspecified atom stereocenters. The highest BCUT2D eigenvalue weighted by Crippen LogP contribution is 2.32. The molecule has 0 aliphatic heterocycles. The number of aryl methyl sites for hydroxylation is 1. The van der Waals surface area contributed by atoms with E-state index in [0.717, 1.165) is 29.3 Å². The molecule has 4 nitrogen and oxygen atoms in total. The minimum absolute atomic E-state index is 0.207. The Balaban J connectivity index is 1.75. The normalized spacial score (nSPS) is 16.0. The number of nitriles is 1. The van der Waals surface area contributed by atoms with Gasteiger partial charge < -0.3 is 9.88 Å². The molecule has 1 aromatic heterocycles. The number of carbonyl (C=O) groups excluding carboxylic acids is 1. The van der Waals surface area contributed by atoms with E-state index in [4.69, 9.17) is 5.26 Å². The Morgan fingerprint density at radius 2 is 2.24 bits per heavy atom. The van der Waals surface area contributed by atoms with E-state index in [0.29, 0.717) is 5.92 Å². The summed E-state index contributed by atoms with van der Waals surface area (Å²) in [5.41, 5.74) is 2.13. The molecule has 1 aliphatic carbocycles. The number of nitrogens with zero attached hydrogens (tertiary/aromatic N) is 2. The van der Waals surface area contributed by atoms with Crippen LogP contribution in [-0.2, 0) is 11.8 Å². The maximum absolute atomic E-state index is 11.9. The van der Waals surface area contributed by atoms with E-state index < -0.39 is 0 Å². The van der Waals surface area contributed by atoms with Crippen LogP contribution in [0.5, 0.6) is 0 Å². The second-order valence-corrected chi connectivity index (χ2v) is 5.50. The Hall–Kier alpha value is -2.54. The molecule has 21 heavy (non-hydrogen) atoms. The number of hydrogen-bond donors (Lipinski definition) is 1. The summed E-state index contributed by atoms with van der Waals surface area (Å²) in [4.78, 5) is 11.9. The zero-order chi connectivity index (χ0) is 14.8. The van der Waals surface area contributed by atoms with Crippen molar-refractivity contribution in [2.75, 3.05) is 0 Å². The smallest absolute Gasteiger partial charge is 0.245 e. The second-order valence-electron chi connectivity index (χ2n) is 5.50. The van der Waals surface area contributed by atoms with Crippen molar-refractivity contribution in [2.24, 2.45) is 13.0 Å². The van der Waals surface area contributed by atoms with Crippen LogP contribution in [0.2, 0.25) is 0 Å². The minimum atomic E-state index is -0.352. The summed E-state index contributed by atoms with van der Waals surface area (Å²) >= 11 is 0. The van der Waals surface area contributed by atoms with Gasteiger partial charge in [-0.05, 0) is 30.9 Å². The predicted molar refractivity (Wildman–Crippen MR) is 82.2 cm³/mol. The molecule has 1 N–H and O–H groups in total. The Kier molecular flexibility index (Phi) is 3.49. The summed E-state index contributed by atoms with van der Waals surface area (Å²) in [6.07, 6.45) is 7.38. The monoisotopic (exact) mass is 279 g/mol. The molecule has 1 aliphatic rings. The lowest BCUT2D eigenvalue weighted by molar-refractivity contribution is -0.116. The van der Waals surface area contributed by atoms with Crippen LogP contribution in [0.3, 0.4) is 0 Å². The third-order valence-corrected chi connectivity index (χ3v) is 3.87. The molecule has 1 saturated carbocycles. The number of rotatable bonds is 4. The standard InChI is InChI=1S/C17H17N3O/c1-20-11-13(14-4-2-3-5-16(14)20)8-9-17(21)19-15(10-18)12-6-7-12/h2-5,8-9,11-12,15H,6-7H2,1H3,(H,19,21)/b9-8+/t15-/m0/s1. The first-order chi connectivity index (χ1) is 10.2. The van der Waals surface area contributed by atoms with Crippen LogP contribution in [0.15, 0.2) is 36.5 Å². The molecular formula is C17H17N3O. The van der Waals surface area contributed by atoms with Crippen LogP contribution in [0.1, 0.15) is 18.4 Å². The van der Waals surface area contributed by atoms with Gasteiger partial charge in [0.2, 0.25) is 5.91 Å². The van der Waals surface area contributed by atoms with Crippen molar-refractivity contribution in [2.45, 2.75) is 18.9 Å². The lowest BCUT2D eigenvalue weighted by Crippen LogP contribution is -2.33. The highest BCUT2D eigenvalue weighted by Gasteiger charge is 2.31. The van der Waals surface area contributed by atoms with Crippen LogP contribution < -0.4 is 5.32 Å². The number of amides is 1. The fourth-order valence-corrected chi connectivity index (χ4v) is 2.56. The van der Waals surface area contributed by atoms with Crippen molar-refractivity contribution in [1.82, 2.24) is 9.88 Å². The van der Waals surface area contributed by atoms with Crippen molar-refractivity contribution in [3.63, 3.8) is 0 Å². The van der Waals surface area contributed by atoms with Crippen molar-refractivity contribution < 1.29 is 4.79 Å². The van der Waals surface area contributed by atoms with Gasteiger partial charge in [-0.2, -0.15) is 5.26 Å².